The van der Waals surface area contributed by atoms with Crippen molar-refractivity contribution < 1.29 is 33.6 Å². The van der Waals surface area contributed by atoms with Crippen LogP contribution in [-0.4, -0.2) is 100 Å². The van der Waals surface area contributed by atoms with Gasteiger partial charge in [0.05, 0.1) is 52.0 Å². The van der Waals surface area contributed by atoms with Crippen molar-refractivity contribution in [3.63, 3.8) is 0 Å². The number of hydrogen-bond donors (Lipinski definition) is 3. The topological polar surface area (TPSA) is 131 Å². The van der Waals surface area contributed by atoms with Crippen molar-refractivity contribution in [2.45, 2.75) is 52.5 Å². The average molecular weight is 577 g/mol. The first-order chi connectivity index (χ1) is 19.9. The molecule has 1 aromatic carbocycles. The smallest absolute Gasteiger partial charge is 0.304 e. The maximum Gasteiger partial charge on any atom is 0.304 e. The second-order valence-corrected chi connectivity index (χ2v) is 10.8. The highest BCUT2D eigenvalue weighted by Crippen LogP contribution is 2.28. The molecule has 2 aliphatic rings. The van der Waals surface area contributed by atoms with Crippen LogP contribution in [0.2, 0.25) is 0 Å². The molecule has 0 radical (unpaired) electrons. The first-order valence-corrected chi connectivity index (χ1v) is 14.9. The highest BCUT2D eigenvalue weighted by molar-refractivity contribution is 5.84. The molecular formula is C30H48N4O7. The maximum absolute atomic E-state index is 13.3. The second kappa shape index (κ2) is 18.5. The summed E-state index contributed by atoms with van der Waals surface area (Å²) in [6.45, 7) is 11.2. The number of guanidine groups is 1. The van der Waals surface area contributed by atoms with Gasteiger partial charge in [-0.3, -0.25) is 14.6 Å². The third-order valence-electron chi connectivity index (χ3n) is 6.96. The fourth-order valence-corrected chi connectivity index (χ4v) is 4.65. The number of carboxylic acid groups (broad SMARTS) is 1. The van der Waals surface area contributed by atoms with Gasteiger partial charge in [0, 0.05) is 39.3 Å². The van der Waals surface area contributed by atoms with Crippen LogP contribution in [0.15, 0.2) is 23.2 Å². The van der Waals surface area contributed by atoms with Gasteiger partial charge in [0.1, 0.15) is 5.75 Å². The SMILES string of the molecule is CC(C)CCOCCOCCOCCN1Cc2cc(OCCCNC3=NCCCN3)ccc2C[C@@H](CC(=O)O)C1=O. The van der Waals surface area contributed by atoms with Gasteiger partial charge in [-0.15, -0.1) is 0 Å². The fraction of sp³-hybridized carbons (Fsp3) is 0.700. The largest absolute Gasteiger partial charge is 0.494 e. The summed E-state index contributed by atoms with van der Waals surface area (Å²) in [6.07, 6.45) is 3.11. The number of nitrogens with zero attached hydrogens (tertiary/aromatic N) is 2. The molecule has 0 saturated carbocycles. The number of rotatable bonds is 19. The normalized spacial score (nSPS) is 17.0. The van der Waals surface area contributed by atoms with Gasteiger partial charge in [-0.05, 0) is 54.9 Å². The van der Waals surface area contributed by atoms with Crippen LogP contribution >= 0.6 is 0 Å². The Morgan fingerprint density at radius 1 is 1.10 bits per heavy atom. The summed E-state index contributed by atoms with van der Waals surface area (Å²) >= 11 is 0. The van der Waals surface area contributed by atoms with Gasteiger partial charge in [0.2, 0.25) is 5.91 Å². The van der Waals surface area contributed by atoms with Gasteiger partial charge in [0.15, 0.2) is 5.96 Å². The zero-order chi connectivity index (χ0) is 29.3. The van der Waals surface area contributed by atoms with Crippen LogP contribution in [0.1, 0.15) is 50.7 Å². The lowest BCUT2D eigenvalue weighted by atomic mass is 9.94. The molecule has 11 heteroatoms. The van der Waals surface area contributed by atoms with Crippen LogP contribution in [-0.2, 0) is 36.8 Å². The van der Waals surface area contributed by atoms with Gasteiger partial charge >= 0.3 is 5.97 Å². The molecule has 3 N–H and O–H groups in total. The monoisotopic (exact) mass is 576 g/mol. The highest BCUT2D eigenvalue weighted by Gasteiger charge is 2.31. The number of carbonyl (C=O) groups is 2. The summed E-state index contributed by atoms with van der Waals surface area (Å²) in [4.78, 5) is 30.9. The van der Waals surface area contributed by atoms with E-state index in [2.05, 4.69) is 29.5 Å². The maximum atomic E-state index is 13.3. The number of amides is 1. The van der Waals surface area contributed by atoms with Crippen LogP contribution in [0.5, 0.6) is 5.75 Å². The second-order valence-electron chi connectivity index (χ2n) is 10.8. The van der Waals surface area contributed by atoms with Gasteiger partial charge in [-0.2, -0.15) is 0 Å². The molecule has 2 heterocycles. The molecule has 0 aromatic heterocycles. The Balaban J connectivity index is 1.43. The molecule has 41 heavy (non-hydrogen) atoms. The summed E-state index contributed by atoms with van der Waals surface area (Å²) in [6, 6.07) is 5.82. The van der Waals surface area contributed by atoms with Gasteiger partial charge in [-0.1, -0.05) is 19.9 Å². The number of carboxylic acids is 1. The quantitative estimate of drug-likeness (QED) is 0.213. The van der Waals surface area contributed by atoms with Crippen LogP contribution in [0, 0.1) is 11.8 Å². The first-order valence-electron chi connectivity index (χ1n) is 14.9. The van der Waals surface area contributed by atoms with Crippen LogP contribution in [0.3, 0.4) is 0 Å². The van der Waals surface area contributed by atoms with Crippen LogP contribution in [0.4, 0.5) is 0 Å². The molecule has 3 rings (SSSR count). The van der Waals surface area contributed by atoms with Crippen LogP contribution < -0.4 is 15.4 Å². The standard InChI is InChI=1S/C30H48N4O7/c1-23(2)7-13-38-15-17-40-18-16-39-14-11-34-22-26-20-27(41-12-4-10-33-30-31-8-3-9-32-30)6-5-24(26)19-25(29(34)37)21-28(35)36/h5-6,20,23,25H,3-4,7-19,21-22H2,1-2H3,(H,35,36)(H2,31,32,33)/t25-/m0/s1. The highest BCUT2D eigenvalue weighted by atomic mass is 16.5. The molecule has 1 aromatic rings. The zero-order valence-electron chi connectivity index (χ0n) is 24.7. The fourth-order valence-electron chi connectivity index (χ4n) is 4.65. The molecule has 2 aliphatic heterocycles. The lowest BCUT2D eigenvalue weighted by Crippen LogP contribution is -2.41. The van der Waals surface area contributed by atoms with E-state index in [-0.39, 0.29) is 12.3 Å². The van der Waals surface area contributed by atoms with E-state index in [1.807, 2.05) is 18.2 Å². The summed E-state index contributed by atoms with van der Waals surface area (Å²) in [5.41, 5.74) is 1.95. The third kappa shape index (κ3) is 12.7. The summed E-state index contributed by atoms with van der Waals surface area (Å²) in [5.74, 6) is 0.470. The number of hydrogen-bond acceptors (Lipinski definition) is 9. The molecule has 0 unspecified atom stereocenters. The predicted molar refractivity (Wildman–Crippen MR) is 156 cm³/mol. The molecule has 230 valence electrons. The van der Waals surface area contributed by atoms with Crippen molar-refractivity contribution in [2.75, 3.05) is 72.4 Å². The lowest BCUT2D eigenvalue weighted by Gasteiger charge is -2.24. The Labute approximate surface area is 244 Å². The molecule has 0 saturated heterocycles. The number of aliphatic carboxylic acids is 1. The summed E-state index contributed by atoms with van der Waals surface area (Å²) in [5, 5.41) is 15.9. The van der Waals surface area contributed by atoms with Crippen molar-refractivity contribution in [1.29, 1.82) is 0 Å². The number of benzene rings is 1. The van der Waals surface area contributed by atoms with Crippen molar-refractivity contribution in [3.05, 3.63) is 29.3 Å². The van der Waals surface area contributed by atoms with E-state index in [0.717, 1.165) is 68.3 Å². The predicted octanol–water partition coefficient (Wildman–Crippen LogP) is 2.47. The molecule has 1 atom stereocenters. The van der Waals surface area contributed by atoms with E-state index in [0.29, 0.717) is 65.1 Å². The van der Waals surface area contributed by atoms with Gasteiger partial charge in [-0.25, -0.2) is 0 Å². The van der Waals surface area contributed by atoms with E-state index >= 15 is 0 Å². The number of ether oxygens (including phenoxy) is 4. The third-order valence-corrected chi connectivity index (χ3v) is 6.96. The number of fused-ring (bicyclic) bond motifs is 1. The number of aliphatic imine (C=N–C) groups is 1. The van der Waals surface area contributed by atoms with E-state index < -0.39 is 11.9 Å². The minimum Gasteiger partial charge on any atom is -0.494 e. The molecular weight excluding hydrogens is 528 g/mol. The minimum atomic E-state index is -0.976. The molecule has 11 nitrogen and oxygen atoms in total. The van der Waals surface area contributed by atoms with Crippen molar-refractivity contribution in [2.24, 2.45) is 16.8 Å². The summed E-state index contributed by atoms with van der Waals surface area (Å²) < 4.78 is 22.8. The lowest BCUT2D eigenvalue weighted by molar-refractivity contribution is -0.145. The molecule has 1 amide bonds. The van der Waals surface area contributed by atoms with Gasteiger partial charge < -0.3 is 39.6 Å². The van der Waals surface area contributed by atoms with E-state index in [4.69, 9.17) is 18.9 Å². The van der Waals surface area contributed by atoms with Crippen molar-refractivity contribution in [3.8, 4) is 5.75 Å². The Kier molecular flexibility index (Phi) is 14.7. The van der Waals surface area contributed by atoms with E-state index in [1.54, 1.807) is 4.90 Å². The Hall–Kier alpha value is -2.89. The zero-order valence-corrected chi connectivity index (χ0v) is 24.7. The van der Waals surface area contributed by atoms with E-state index in [9.17, 15) is 14.7 Å². The van der Waals surface area contributed by atoms with E-state index in [1.165, 1.54) is 0 Å². The first kappa shape index (κ1) is 32.6. The number of carbonyl (C=O) groups excluding carboxylic acids is 1. The van der Waals surface area contributed by atoms with Crippen molar-refractivity contribution in [1.82, 2.24) is 15.5 Å². The molecule has 0 fully saturated rings. The van der Waals surface area contributed by atoms with Crippen LogP contribution in [0.25, 0.3) is 0 Å². The molecule has 0 bridgehead atoms. The minimum absolute atomic E-state index is 0.158. The Morgan fingerprint density at radius 2 is 1.85 bits per heavy atom. The Bertz CT molecular complexity index is 972. The molecule has 0 aliphatic carbocycles. The average Bonchev–Trinajstić information content (AvgIpc) is 3.07. The molecule has 0 spiro atoms. The Morgan fingerprint density at radius 3 is 2.56 bits per heavy atom. The van der Waals surface area contributed by atoms with Gasteiger partial charge in [0.25, 0.3) is 0 Å². The number of nitrogens with one attached hydrogen (secondary N) is 2. The van der Waals surface area contributed by atoms with Crippen molar-refractivity contribution >= 4 is 17.8 Å². The summed E-state index contributed by atoms with van der Waals surface area (Å²) in [7, 11) is 0.